The van der Waals surface area contributed by atoms with E-state index in [9.17, 15) is 4.79 Å². The molecule has 2 nitrogen and oxygen atoms in total. The molecule has 0 fully saturated rings. The van der Waals surface area contributed by atoms with E-state index in [2.05, 4.69) is 9.24 Å². The summed E-state index contributed by atoms with van der Waals surface area (Å²) < 4.78 is 1.05. The predicted molar refractivity (Wildman–Crippen MR) is 46.9 cm³/mol. The fourth-order valence-electron chi connectivity index (χ4n) is 0.751. The molecule has 1 aromatic heterocycles. The normalized spacial score (nSPS) is 9.80. The van der Waals surface area contributed by atoms with Crippen molar-refractivity contribution in [3.05, 3.63) is 16.5 Å². The van der Waals surface area contributed by atoms with Crippen LogP contribution in [0.15, 0.2) is 6.07 Å². The van der Waals surface area contributed by atoms with Gasteiger partial charge < -0.3 is 5.73 Å². The average Bonchev–Trinajstić information content (AvgIpc) is 2.10. The Hall–Kier alpha value is -0.400. The Morgan fingerprint density at radius 3 is 2.60 bits per heavy atom. The first-order valence-corrected chi connectivity index (χ1v) is 4.16. The molecule has 1 atom stereocenters. The minimum Gasteiger partial charge on any atom is -0.365 e. The van der Waals surface area contributed by atoms with E-state index in [-0.39, 0.29) is 5.91 Å². The van der Waals surface area contributed by atoms with Crippen molar-refractivity contribution in [3.8, 4) is 0 Å². The van der Waals surface area contributed by atoms with E-state index < -0.39 is 0 Å². The molecule has 10 heavy (non-hydrogen) atoms. The van der Waals surface area contributed by atoms with Crippen molar-refractivity contribution in [3.63, 3.8) is 0 Å². The fraction of sp³-hybridized carbons (Fsp3) is 0.167. The summed E-state index contributed by atoms with van der Waals surface area (Å²) in [5, 5.41) is 0. The number of rotatable bonds is 1. The first-order valence-electron chi connectivity index (χ1n) is 2.77. The van der Waals surface area contributed by atoms with Gasteiger partial charge in [-0.25, -0.2) is 0 Å². The minimum atomic E-state index is -0.337. The molecule has 2 N–H and O–H groups in total. The molecule has 0 saturated carbocycles. The van der Waals surface area contributed by atoms with Crippen LogP contribution in [0.2, 0.25) is 0 Å². The molecule has 0 spiro atoms. The van der Waals surface area contributed by atoms with E-state index in [0.717, 1.165) is 10.2 Å². The number of carbonyl (C=O) groups excluding carboxylic acids is 1. The summed E-state index contributed by atoms with van der Waals surface area (Å²) in [7, 11) is 2.54. The van der Waals surface area contributed by atoms with Crippen LogP contribution in [0.25, 0.3) is 0 Å². The number of thiophene rings is 1. The van der Waals surface area contributed by atoms with E-state index >= 15 is 0 Å². The van der Waals surface area contributed by atoms with Gasteiger partial charge in [0, 0.05) is 4.62 Å². The maximum atomic E-state index is 10.7. The van der Waals surface area contributed by atoms with Gasteiger partial charge in [0.15, 0.2) is 0 Å². The zero-order valence-corrected chi connectivity index (χ0v) is 7.52. The molecule has 0 aromatic carbocycles. The summed E-state index contributed by atoms with van der Waals surface area (Å²) in [5.74, 6) is -0.337. The highest BCUT2D eigenvalue weighted by Crippen LogP contribution is 2.14. The number of aryl methyl sites for hydroxylation is 1. The molecule has 0 saturated heterocycles. The average molecular weight is 173 g/mol. The second-order valence-electron chi connectivity index (χ2n) is 2.03. The van der Waals surface area contributed by atoms with Crippen LogP contribution >= 0.6 is 20.6 Å². The highest BCUT2D eigenvalue weighted by atomic mass is 32.1. The van der Waals surface area contributed by atoms with Gasteiger partial charge in [-0.15, -0.1) is 11.3 Å². The first kappa shape index (κ1) is 7.70. The molecule has 0 aliphatic carbocycles. The predicted octanol–water partition coefficient (Wildman–Crippen LogP) is 0.656. The zero-order valence-electron chi connectivity index (χ0n) is 5.55. The van der Waals surface area contributed by atoms with Crippen molar-refractivity contribution in [1.82, 2.24) is 0 Å². The molecule has 0 bridgehead atoms. The SMILES string of the molecule is Cc1cc(P)sc1C(N)=O. The van der Waals surface area contributed by atoms with Gasteiger partial charge in [-0.1, -0.05) is 9.24 Å². The quantitative estimate of drug-likeness (QED) is 0.623. The Bertz CT molecular complexity index is 269. The topological polar surface area (TPSA) is 43.1 Å². The summed E-state index contributed by atoms with van der Waals surface area (Å²) in [6.07, 6.45) is 0. The lowest BCUT2D eigenvalue weighted by Crippen LogP contribution is -2.09. The number of nitrogens with two attached hydrogens (primary N) is 1. The molecule has 54 valence electrons. The van der Waals surface area contributed by atoms with Crippen molar-refractivity contribution >= 4 is 31.1 Å². The largest absolute Gasteiger partial charge is 0.365 e. The summed E-state index contributed by atoms with van der Waals surface area (Å²) in [6.45, 7) is 1.88. The van der Waals surface area contributed by atoms with E-state index in [0.29, 0.717) is 4.88 Å². The smallest absolute Gasteiger partial charge is 0.259 e. The Kier molecular flexibility index (Phi) is 2.07. The van der Waals surface area contributed by atoms with E-state index in [1.54, 1.807) is 0 Å². The Morgan fingerprint density at radius 1 is 1.80 bits per heavy atom. The van der Waals surface area contributed by atoms with Crippen molar-refractivity contribution in [2.75, 3.05) is 0 Å². The summed E-state index contributed by atoms with van der Waals surface area (Å²) in [4.78, 5) is 11.3. The van der Waals surface area contributed by atoms with Crippen LogP contribution in [0.1, 0.15) is 15.2 Å². The Labute approximate surface area is 65.6 Å². The summed E-state index contributed by atoms with van der Waals surface area (Å²) in [5.41, 5.74) is 6.05. The van der Waals surface area contributed by atoms with Crippen LogP contribution < -0.4 is 10.4 Å². The Morgan fingerprint density at radius 2 is 2.40 bits per heavy atom. The molecule has 1 amide bonds. The number of hydrogen-bond donors (Lipinski definition) is 1. The maximum Gasteiger partial charge on any atom is 0.259 e. The van der Waals surface area contributed by atoms with Crippen molar-refractivity contribution < 1.29 is 4.79 Å². The van der Waals surface area contributed by atoms with Gasteiger partial charge in [0.25, 0.3) is 5.91 Å². The van der Waals surface area contributed by atoms with Crippen LogP contribution in [0.3, 0.4) is 0 Å². The number of carbonyl (C=O) groups is 1. The Balaban J connectivity index is 3.15. The highest BCUT2D eigenvalue weighted by Gasteiger charge is 2.06. The molecule has 1 unspecified atom stereocenters. The van der Waals surface area contributed by atoms with Crippen LogP contribution in [-0.2, 0) is 0 Å². The number of amides is 1. The standard InChI is InChI=1S/C6H8NOPS/c1-3-2-4(9)10-5(3)6(7)8/h2H,9H2,1H3,(H2,7,8). The van der Waals surface area contributed by atoms with Gasteiger partial charge in [-0.2, -0.15) is 0 Å². The third-order valence-electron chi connectivity index (χ3n) is 1.16. The number of hydrogen-bond acceptors (Lipinski definition) is 2. The van der Waals surface area contributed by atoms with Gasteiger partial charge in [0.05, 0.1) is 4.88 Å². The fourth-order valence-corrected chi connectivity index (χ4v) is 2.15. The highest BCUT2D eigenvalue weighted by molar-refractivity contribution is 7.43. The van der Waals surface area contributed by atoms with Crippen LogP contribution in [0, 0.1) is 6.92 Å². The second-order valence-corrected chi connectivity index (χ2v) is 4.15. The van der Waals surface area contributed by atoms with Crippen molar-refractivity contribution in [2.24, 2.45) is 5.73 Å². The maximum absolute atomic E-state index is 10.7. The first-order chi connectivity index (χ1) is 4.61. The summed E-state index contributed by atoms with van der Waals surface area (Å²) >= 11 is 1.41. The molecular formula is C6H8NOPS. The van der Waals surface area contributed by atoms with Crippen LogP contribution in [0.5, 0.6) is 0 Å². The van der Waals surface area contributed by atoms with Crippen LogP contribution in [-0.4, -0.2) is 5.91 Å². The van der Waals surface area contributed by atoms with Crippen molar-refractivity contribution in [2.45, 2.75) is 6.92 Å². The van der Waals surface area contributed by atoms with E-state index in [1.807, 2.05) is 13.0 Å². The van der Waals surface area contributed by atoms with Crippen LogP contribution in [0.4, 0.5) is 0 Å². The third-order valence-corrected chi connectivity index (χ3v) is 2.76. The van der Waals surface area contributed by atoms with E-state index in [4.69, 9.17) is 5.73 Å². The second kappa shape index (κ2) is 2.69. The lowest BCUT2D eigenvalue weighted by Gasteiger charge is -1.87. The minimum absolute atomic E-state index is 0.337. The van der Waals surface area contributed by atoms with Gasteiger partial charge in [0.2, 0.25) is 0 Å². The lowest BCUT2D eigenvalue weighted by molar-refractivity contribution is 0.100. The van der Waals surface area contributed by atoms with E-state index in [1.165, 1.54) is 11.3 Å². The molecule has 0 radical (unpaired) electrons. The van der Waals surface area contributed by atoms with Gasteiger partial charge in [0.1, 0.15) is 0 Å². The molecule has 1 rings (SSSR count). The number of primary amides is 1. The molecule has 1 heterocycles. The molecule has 1 aromatic rings. The summed E-state index contributed by atoms with van der Waals surface area (Å²) in [6, 6.07) is 1.93. The third kappa shape index (κ3) is 1.36. The molecular weight excluding hydrogens is 165 g/mol. The molecule has 0 aliphatic rings. The van der Waals surface area contributed by atoms with Crippen molar-refractivity contribution in [1.29, 1.82) is 0 Å². The van der Waals surface area contributed by atoms with Gasteiger partial charge >= 0.3 is 0 Å². The molecule has 4 heteroatoms. The molecule has 0 aliphatic heterocycles. The van der Waals surface area contributed by atoms with Gasteiger partial charge in [-0.05, 0) is 18.6 Å². The van der Waals surface area contributed by atoms with Gasteiger partial charge in [-0.3, -0.25) is 4.79 Å². The monoisotopic (exact) mass is 173 g/mol. The lowest BCUT2D eigenvalue weighted by atomic mass is 10.3. The zero-order chi connectivity index (χ0) is 7.72.